The van der Waals surface area contributed by atoms with E-state index in [1.165, 1.54) is 0 Å². The van der Waals surface area contributed by atoms with Crippen molar-refractivity contribution in [1.29, 1.82) is 0 Å². The van der Waals surface area contributed by atoms with Gasteiger partial charge in [0, 0.05) is 12.1 Å². The van der Waals surface area contributed by atoms with Crippen LogP contribution in [0.2, 0.25) is 0 Å². The number of halogens is 2. The molecule has 1 amide bonds. The molecule has 2 aromatic rings. The van der Waals surface area contributed by atoms with Gasteiger partial charge in [0.25, 0.3) is 0 Å². The quantitative estimate of drug-likeness (QED) is 0.816. The molecule has 0 aliphatic heterocycles. The number of carbonyl (C=O) groups is 1. The van der Waals surface area contributed by atoms with Crippen molar-refractivity contribution in [2.45, 2.75) is 6.54 Å². The zero-order valence-corrected chi connectivity index (χ0v) is 9.81. The topological polar surface area (TPSA) is 70.7 Å². The monoisotopic (exact) mass is 260 g/mol. The summed E-state index contributed by atoms with van der Waals surface area (Å²) in [6, 6.07) is 5.61. The average Bonchev–Trinajstić information content (AvgIpc) is 2.74. The fourth-order valence-electron chi connectivity index (χ4n) is 1.31. The Bertz CT molecular complexity index is 485. The fraction of sp³-hybridized carbons (Fsp3) is 0.222. The minimum atomic E-state index is -0.197. The van der Waals surface area contributed by atoms with Crippen molar-refractivity contribution >= 4 is 40.9 Å². The molecular formula is C9H10Cl2N4O. The third-order valence-corrected chi connectivity index (χ3v) is 2.27. The van der Waals surface area contributed by atoms with E-state index in [4.69, 9.17) is 11.6 Å². The average molecular weight is 261 g/mol. The van der Waals surface area contributed by atoms with Gasteiger partial charge in [-0.1, -0.05) is 12.1 Å². The van der Waals surface area contributed by atoms with Gasteiger partial charge in [-0.15, -0.1) is 24.0 Å². The lowest BCUT2D eigenvalue weighted by Crippen LogP contribution is -2.23. The molecule has 7 heteroatoms. The number of para-hydroxylation sites is 1. The molecule has 0 bridgehead atoms. The lowest BCUT2D eigenvalue weighted by molar-refractivity contribution is -0.118. The first-order valence-corrected chi connectivity index (χ1v) is 4.96. The van der Waals surface area contributed by atoms with Crippen LogP contribution in [0.5, 0.6) is 0 Å². The Morgan fingerprint density at radius 3 is 3.00 bits per heavy atom. The second-order valence-electron chi connectivity index (χ2n) is 3.02. The first-order chi connectivity index (χ1) is 7.31. The normalized spacial score (nSPS) is 9.81. The predicted octanol–water partition coefficient (Wildman–Crippen LogP) is 1.23. The molecule has 1 heterocycles. The van der Waals surface area contributed by atoms with Crippen molar-refractivity contribution in [3.8, 4) is 0 Å². The number of carbonyl (C=O) groups excluding carboxylic acids is 1. The van der Waals surface area contributed by atoms with Crippen LogP contribution in [0.4, 0.5) is 0 Å². The summed E-state index contributed by atoms with van der Waals surface area (Å²) < 4.78 is 0. The molecule has 0 spiro atoms. The number of fused-ring (bicyclic) bond motifs is 1. The van der Waals surface area contributed by atoms with E-state index in [9.17, 15) is 4.79 Å². The van der Waals surface area contributed by atoms with Crippen molar-refractivity contribution < 1.29 is 4.79 Å². The van der Waals surface area contributed by atoms with Crippen molar-refractivity contribution in [2.24, 2.45) is 0 Å². The maximum atomic E-state index is 11.0. The summed E-state index contributed by atoms with van der Waals surface area (Å²) >= 11 is 5.37. The molecule has 0 atom stereocenters. The Hall–Kier alpha value is -1.33. The van der Waals surface area contributed by atoms with Gasteiger partial charge in [-0.05, 0) is 6.07 Å². The molecule has 2 rings (SSSR count). The summed E-state index contributed by atoms with van der Waals surface area (Å²) in [6.45, 7) is 0.412. The Morgan fingerprint density at radius 1 is 1.44 bits per heavy atom. The van der Waals surface area contributed by atoms with E-state index in [0.29, 0.717) is 6.54 Å². The van der Waals surface area contributed by atoms with E-state index in [2.05, 4.69) is 20.7 Å². The number of amides is 1. The minimum Gasteiger partial charge on any atom is -0.351 e. The summed E-state index contributed by atoms with van der Waals surface area (Å²) in [5.74, 6) is -0.230. The molecule has 5 nitrogen and oxygen atoms in total. The summed E-state index contributed by atoms with van der Waals surface area (Å²) in [4.78, 5) is 11.0. The Balaban J connectivity index is 0.00000128. The van der Waals surface area contributed by atoms with E-state index in [1.807, 2.05) is 18.2 Å². The van der Waals surface area contributed by atoms with E-state index in [0.717, 1.165) is 16.6 Å². The second kappa shape index (κ2) is 5.67. The summed E-state index contributed by atoms with van der Waals surface area (Å²) in [5.41, 5.74) is 2.47. The van der Waals surface area contributed by atoms with Crippen molar-refractivity contribution in [3.63, 3.8) is 0 Å². The van der Waals surface area contributed by atoms with Gasteiger partial charge in [0.05, 0.1) is 0 Å². The third-order valence-electron chi connectivity index (χ3n) is 2.03. The molecule has 0 radical (unpaired) electrons. The van der Waals surface area contributed by atoms with Crippen LogP contribution in [-0.2, 0) is 11.3 Å². The number of rotatable bonds is 3. The molecule has 2 N–H and O–H groups in total. The van der Waals surface area contributed by atoms with Crippen LogP contribution in [0.3, 0.4) is 0 Å². The minimum absolute atomic E-state index is 0. The predicted molar refractivity (Wildman–Crippen MR) is 63.7 cm³/mol. The van der Waals surface area contributed by atoms with Crippen molar-refractivity contribution in [3.05, 3.63) is 23.8 Å². The highest BCUT2D eigenvalue weighted by Gasteiger charge is 2.05. The molecule has 16 heavy (non-hydrogen) atoms. The fourth-order valence-corrected chi connectivity index (χ4v) is 1.40. The maximum absolute atomic E-state index is 11.0. The maximum Gasteiger partial charge on any atom is 0.235 e. The van der Waals surface area contributed by atoms with Gasteiger partial charge in [-0.2, -0.15) is 15.4 Å². The lowest BCUT2D eigenvalue weighted by Gasteiger charge is -2.02. The summed E-state index contributed by atoms with van der Waals surface area (Å²) in [5, 5.41) is 13.2. The number of aromatic nitrogens is 3. The van der Waals surface area contributed by atoms with Gasteiger partial charge >= 0.3 is 0 Å². The molecule has 0 aliphatic rings. The molecule has 0 saturated heterocycles. The SMILES string of the molecule is Cl.O=C(CCl)NCc1cccc2n[nH]nc12. The number of hydrogen-bond acceptors (Lipinski definition) is 3. The molecular weight excluding hydrogens is 251 g/mol. The summed E-state index contributed by atoms with van der Waals surface area (Å²) in [7, 11) is 0. The van der Waals surface area contributed by atoms with E-state index >= 15 is 0 Å². The van der Waals surface area contributed by atoms with Crippen LogP contribution in [0.1, 0.15) is 5.56 Å². The van der Waals surface area contributed by atoms with Crippen LogP contribution in [0.15, 0.2) is 18.2 Å². The van der Waals surface area contributed by atoms with Crippen LogP contribution in [0, 0.1) is 0 Å². The highest BCUT2D eigenvalue weighted by atomic mass is 35.5. The van der Waals surface area contributed by atoms with Gasteiger partial charge in [0.1, 0.15) is 16.9 Å². The largest absolute Gasteiger partial charge is 0.351 e. The van der Waals surface area contributed by atoms with E-state index in [1.54, 1.807) is 0 Å². The number of H-pyrrole nitrogens is 1. The van der Waals surface area contributed by atoms with Gasteiger partial charge in [0.2, 0.25) is 5.91 Å². The molecule has 86 valence electrons. The van der Waals surface area contributed by atoms with E-state index < -0.39 is 0 Å². The number of hydrogen-bond donors (Lipinski definition) is 2. The van der Waals surface area contributed by atoms with Crippen LogP contribution in [-0.4, -0.2) is 27.2 Å². The van der Waals surface area contributed by atoms with Crippen molar-refractivity contribution in [1.82, 2.24) is 20.7 Å². The van der Waals surface area contributed by atoms with Crippen LogP contribution in [0.25, 0.3) is 11.0 Å². The summed E-state index contributed by atoms with van der Waals surface area (Å²) in [6.07, 6.45) is 0. The smallest absolute Gasteiger partial charge is 0.235 e. The number of alkyl halides is 1. The Kier molecular flexibility index (Phi) is 4.52. The first kappa shape index (κ1) is 12.7. The van der Waals surface area contributed by atoms with Gasteiger partial charge in [-0.3, -0.25) is 4.79 Å². The Labute approximate surface area is 103 Å². The molecule has 0 aliphatic carbocycles. The first-order valence-electron chi connectivity index (χ1n) is 4.42. The second-order valence-corrected chi connectivity index (χ2v) is 3.29. The molecule has 0 unspecified atom stereocenters. The number of aromatic amines is 1. The molecule has 0 fully saturated rings. The number of benzene rings is 1. The van der Waals surface area contributed by atoms with Gasteiger partial charge in [0.15, 0.2) is 0 Å². The van der Waals surface area contributed by atoms with Gasteiger partial charge < -0.3 is 5.32 Å². The molecule has 0 saturated carbocycles. The third kappa shape index (κ3) is 2.62. The zero-order chi connectivity index (χ0) is 10.7. The molecule has 1 aromatic heterocycles. The highest BCUT2D eigenvalue weighted by molar-refractivity contribution is 6.27. The van der Waals surface area contributed by atoms with E-state index in [-0.39, 0.29) is 24.2 Å². The van der Waals surface area contributed by atoms with Crippen molar-refractivity contribution in [2.75, 3.05) is 5.88 Å². The highest BCUT2D eigenvalue weighted by Crippen LogP contribution is 2.12. The Morgan fingerprint density at radius 2 is 2.25 bits per heavy atom. The standard InChI is InChI=1S/C9H9ClN4O.ClH/c10-4-8(15)11-5-6-2-1-3-7-9(6)13-14-12-7;/h1-3H,4-5H2,(H,11,15)(H,12,13,14);1H. The van der Waals surface area contributed by atoms with Crippen LogP contribution < -0.4 is 5.32 Å². The number of nitrogens with one attached hydrogen (secondary N) is 2. The number of nitrogens with zero attached hydrogens (tertiary/aromatic N) is 2. The zero-order valence-electron chi connectivity index (χ0n) is 8.24. The van der Waals surface area contributed by atoms with Gasteiger partial charge in [-0.25, -0.2) is 0 Å². The van der Waals surface area contributed by atoms with Crippen LogP contribution >= 0.6 is 24.0 Å². The lowest BCUT2D eigenvalue weighted by atomic mass is 10.2. The molecule has 1 aromatic carbocycles.